The third-order valence-electron chi connectivity index (χ3n) is 3.09. The molecule has 0 aliphatic rings. The molecule has 0 saturated heterocycles. The summed E-state index contributed by atoms with van der Waals surface area (Å²) in [4.78, 5) is 10.3. The number of aliphatic carboxylic acids is 1. The summed E-state index contributed by atoms with van der Waals surface area (Å²) >= 11 is 0. The van der Waals surface area contributed by atoms with Crippen LogP contribution < -0.4 is 0 Å². The zero-order chi connectivity index (χ0) is 14.9. The summed E-state index contributed by atoms with van der Waals surface area (Å²) in [6.07, 6.45) is 23.3. The molecule has 0 aromatic heterocycles. The van der Waals surface area contributed by atoms with Crippen molar-refractivity contribution in [3.05, 3.63) is 36.5 Å². The van der Waals surface area contributed by atoms with E-state index in [1.807, 2.05) is 0 Å². The van der Waals surface area contributed by atoms with E-state index < -0.39 is 5.97 Å². The van der Waals surface area contributed by atoms with Crippen LogP contribution in [0.5, 0.6) is 0 Å². The highest BCUT2D eigenvalue weighted by Crippen LogP contribution is 2.07. The van der Waals surface area contributed by atoms with Gasteiger partial charge in [0.05, 0.1) is 0 Å². The summed E-state index contributed by atoms with van der Waals surface area (Å²) in [7, 11) is 0. The van der Waals surface area contributed by atoms with Crippen molar-refractivity contribution in [2.75, 3.05) is 0 Å². The summed E-state index contributed by atoms with van der Waals surface area (Å²) in [5, 5.41) is 8.50. The Morgan fingerprint density at radius 3 is 1.90 bits per heavy atom. The molecule has 0 bridgehead atoms. The van der Waals surface area contributed by atoms with E-state index in [2.05, 4.69) is 43.4 Å². The van der Waals surface area contributed by atoms with Gasteiger partial charge in [-0.3, -0.25) is 4.79 Å². The summed E-state index contributed by atoms with van der Waals surface area (Å²) in [6.45, 7) is 2.21. The number of rotatable bonds is 13. The molecule has 0 atom stereocenters. The molecule has 3 heteroatoms. The number of carboxylic acids is 1. The predicted molar refractivity (Wildman–Crippen MR) is 90.5 cm³/mol. The lowest BCUT2D eigenvalue weighted by Gasteiger charge is -1.97. The minimum Gasteiger partial charge on any atom is -0.481 e. The van der Waals surface area contributed by atoms with Gasteiger partial charge in [-0.1, -0.05) is 75.5 Å². The molecule has 0 heterocycles. The lowest BCUT2D eigenvalue weighted by Crippen LogP contribution is -1.93. The lowest BCUT2D eigenvalue weighted by molar-refractivity contribution is -0.137. The maximum Gasteiger partial charge on any atom is 0.303 e. The van der Waals surface area contributed by atoms with Gasteiger partial charge in [0.25, 0.3) is 0 Å². The molecule has 122 valence electrons. The molecule has 0 spiro atoms. The third kappa shape index (κ3) is 21.1. The Bertz CT molecular complexity index is 304. The van der Waals surface area contributed by atoms with Gasteiger partial charge in [-0.25, -0.2) is 0 Å². The largest absolute Gasteiger partial charge is 0.481 e. The van der Waals surface area contributed by atoms with Gasteiger partial charge in [-0.15, -0.1) is 0 Å². The van der Waals surface area contributed by atoms with Crippen molar-refractivity contribution in [1.82, 2.24) is 0 Å². The van der Waals surface area contributed by atoms with E-state index >= 15 is 0 Å². The van der Waals surface area contributed by atoms with E-state index in [0.29, 0.717) is 6.42 Å². The Balaban J connectivity index is 0. The quantitative estimate of drug-likeness (QED) is 0.390. The van der Waals surface area contributed by atoms with Crippen molar-refractivity contribution >= 4 is 5.97 Å². The lowest BCUT2D eigenvalue weighted by atomic mass is 10.1. The highest BCUT2D eigenvalue weighted by atomic mass is 16.4. The number of carboxylic acid groups (broad SMARTS) is 1. The Labute approximate surface area is 129 Å². The SMILES string of the molecule is CCCC\C=C/C=C/C=C\CCCCCCCC(=O)O.O. The number of carbonyl (C=O) groups is 1. The highest BCUT2D eigenvalue weighted by Gasteiger charge is 1.95. The van der Waals surface area contributed by atoms with Crippen LogP contribution in [-0.2, 0) is 4.79 Å². The standard InChI is InChI=1S/C18H30O2.H2O/c1-2-3-4-5-6-7-8-9-10-11-12-13-14-15-16-17-18(19)20;/h5-10H,2-4,11-17H2,1H3,(H,19,20);1H2/b6-5-,8-7+,10-9-;. The first-order valence-corrected chi connectivity index (χ1v) is 7.97. The summed E-state index contributed by atoms with van der Waals surface area (Å²) < 4.78 is 0. The number of hydrogen-bond donors (Lipinski definition) is 1. The molecule has 3 nitrogen and oxygen atoms in total. The second-order valence-corrected chi connectivity index (χ2v) is 5.08. The van der Waals surface area contributed by atoms with E-state index in [0.717, 1.165) is 25.7 Å². The van der Waals surface area contributed by atoms with Crippen LogP contribution >= 0.6 is 0 Å². The van der Waals surface area contributed by atoms with Crippen LogP contribution in [0.1, 0.15) is 71.1 Å². The molecule has 0 aromatic rings. The fourth-order valence-electron chi connectivity index (χ4n) is 1.87. The van der Waals surface area contributed by atoms with Gasteiger partial charge in [0.15, 0.2) is 0 Å². The Morgan fingerprint density at radius 2 is 1.33 bits per heavy atom. The zero-order valence-electron chi connectivity index (χ0n) is 13.4. The van der Waals surface area contributed by atoms with Crippen LogP contribution in [0.2, 0.25) is 0 Å². The van der Waals surface area contributed by atoms with E-state index in [1.165, 1.54) is 32.1 Å². The summed E-state index contributed by atoms with van der Waals surface area (Å²) in [5.41, 5.74) is 0. The summed E-state index contributed by atoms with van der Waals surface area (Å²) in [6, 6.07) is 0. The van der Waals surface area contributed by atoms with Gasteiger partial charge in [0.1, 0.15) is 0 Å². The molecule has 0 fully saturated rings. The van der Waals surface area contributed by atoms with Gasteiger partial charge in [0, 0.05) is 6.42 Å². The van der Waals surface area contributed by atoms with E-state index in [4.69, 9.17) is 5.11 Å². The van der Waals surface area contributed by atoms with Crippen molar-refractivity contribution in [3.8, 4) is 0 Å². The van der Waals surface area contributed by atoms with Gasteiger partial charge in [0.2, 0.25) is 0 Å². The van der Waals surface area contributed by atoms with Crippen LogP contribution in [0.3, 0.4) is 0 Å². The molecule has 0 unspecified atom stereocenters. The number of allylic oxidation sites excluding steroid dienone is 6. The number of unbranched alkanes of at least 4 members (excludes halogenated alkanes) is 7. The molecular weight excluding hydrogens is 264 g/mol. The van der Waals surface area contributed by atoms with Crippen molar-refractivity contribution in [2.24, 2.45) is 0 Å². The van der Waals surface area contributed by atoms with Crippen molar-refractivity contribution in [1.29, 1.82) is 0 Å². The van der Waals surface area contributed by atoms with Crippen molar-refractivity contribution < 1.29 is 15.4 Å². The molecule has 3 N–H and O–H groups in total. The first kappa shape index (κ1) is 21.9. The van der Waals surface area contributed by atoms with Gasteiger partial charge in [-0.05, 0) is 25.7 Å². The Hall–Kier alpha value is -1.35. The maximum absolute atomic E-state index is 10.3. The molecule has 0 aliphatic heterocycles. The fourth-order valence-corrected chi connectivity index (χ4v) is 1.87. The molecule has 0 radical (unpaired) electrons. The van der Waals surface area contributed by atoms with Crippen LogP contribution in [0, 0.1) is 0 Å². The minimum absolute atomic E-state index is 0. The maximum atomic E-state index is 10.3. The summed E-state index contributed by atoms with van der Waals surface area (Å²) in [5.74, 6) is -0.677. The van der Waals surface area contributed by atoms with E-state index in [9.17, 15) is 4.79 Å². The van der Waals surface area contributed by atoms with Crippen LogP contribution in [0.15, 0.2) is 36.5 Å². The number of hydrogen-bond acceptors (Lipinski definition) is 1. The van der Waals surface area contributed by atoms with Crippen LogP contribution in [0.4, 0.5) is 0 Å². The first-order chi connectivity index (χ1) is 9.77. The monoisotopic (exact) mass is 296 g/mol. The zero-order valence-corrected chi connectivity index (χ0v) is 13.4. The van der Waals surface area contributed by atoms with Crippen molar-refractivity contribution in [2.45, 2.75) is 71.1 Å². The van der Waals surface area contributed by atoms with Crippen molar-refractivity contribution in [3.63, 3.8) is 0 Å². The molecule has 21 heavy (non-hydrogen) atoms. The van der Waals surface area contributed by atoms with Gasteiger partial charge < -0.3 is 10.6 Å². The van der Waals surface area contributed by atoms with E-state index in [1.54, 1.807) is 0 Å². The third-order valence-corrected chi connectivity index (χ3v) is 3.09. The predicted octanol–water partition coefficient (Wildman–Crippen LogP) is 4.84. The molecule has 0 aliphatic carbocycles. The van der Waals surface area contributed by atoms with Gasteiger partial charge in [-0.2, -0.15) is 0 Å². The smallest absolute Gasteiger partial charge is 0.303 e. The van der Waals surface area contributed by atoms with Gasteiger partial charge >= 0.3 is 5.97 Å². The molecular formula is C18H32O3. The minimum atomic E-state index is -0.677. The average molecular weight is 296 g/mol. The first-order valence-electron chi connectivity index (χ1n) is 7.97. The van der Waals surface area contributed by atoms with Crippen LogP contribution in [-0.4, -0.2) is 16.6 Å². The topological polar surface area (TPSA) is 68.8 Å². The molecule has 0 saturated carbocycles. The molecule has 0 amide bonds. The van der Waals surface area contributed by atoms with E-state index in [-0.39, 0.29) is 5.48 Å². The normalized spacial score (nSPS) is 11.5. The highest BCUT2D eigenvalue weighted by molar-refractivity contribution is 5.66. The average Bonchev–Trinajstić information content (AvgIpc) is 2.43. The molecule has 0 aromatic carbocycles. The fraction of sp³-hybridized carbons (Fsp3) is 0.611. The Kier molecular flexibility index (Phi) is 19.5. The molecule has 0 rings (SSSR count). The second-order valence-electron chi connectivity index (χ2n) is 5.08. The second kappa shape index (κ2) is 18.7. The Morgan fingerprint density at radius 1 is 0.810 bits per heavy atom. The van der Waals surface area contributed by atoms with Crippen LogP contribution in [0.25, 0.3) is 0 Å².